The topological polar surface area (TPSA) is 274 Å². The molecule has 0 aliphatic rings. The van der Waals surface area contributed by atoms with Crippen molar-refractivity contribution in [2.45, 2.75) is 33.4 Å². The minimum absolute atomic E-state index is 0.109. The van der Waals surface area contributed by atoms with Gasteiger partial charge in [0.05, 0.1) is 21.2 Å². The highest BCUT2D eigenvalue weighted by atomic mass is 35.5. The highest BCUT2D eigenvalue weighted by Gasteiger charge is 2.29. The lowest BCUT2D eigenvalue weighted by Crippen LogP contribution is -2.18. The first-order chi connectivity index (χ1) is 26.5. The van der Waals surface area contributed by atoms with Gasteiger partial charge in [-0.05, 0) is 62.4 Å². The number of aromatic amines is 4. The highest BCUT2D eigenvalue weighted by molar-refractivity contribution is 8.76. The van der Waals surface area contributed by atoms with Crippen molar-refractivity contribution in [3.05, 3.63) is 126 Å². The predicted molar refractivity (Wildman–Crippen MR) is 213 cm³/mol. The fraction of sp³-hybridized carbons (Fsp3) is 0.0625. The van der Waals surface area contributed by atoms with Crippen LogP contribution in [0.5, 0.6) is 0 Å². The van der Waals surface area contributed by atoms with E-state index in [9.17, 15) is 36.0 Å². The molecule has 0 saturated carbocycles. The van der Waals surface area contributed by atoms with Crippen molar-refractivity contribution in [3.8, 4) is 0 Å². The van der Waals surface area contributed by atoms with Crippen molar-refractivity contribution >= 4 is 99.9 Å². The van der Waals surface area contributed by atoms with E-state index in [-0.39, 0.29) is 31.0 Å². The Labute approximate surface area is 334 Å². The van der Waals surface area contributed by atoms with E-state index < -0.39 is 64.9 Å². The molecule has 0 spiro atoms. The van der Waals surface area contributed by atoms with Crippen LogP contribution in [-0.2, 0) is 20.0 Å². The van der Waals surface area contributed by atoms with Gasteiger partial charge in [-0.1, -0.05) is 80.2 Å². The maximum atomic E-state index is 13.8. The van der Waals surface area contributed by atoms with Crippen LogP contribution in [0.1, 0.15) is 31.8 Å². The summed E-state index contributed by atoms with van der Waals surface area (Å²) in [6, 6.07) is 17.9. The molecular weight excluding hydrogens is 852 g/mol. The van der Waals surface area contributed by atoms with Gasteiger partial charge in [-0.2, -0.15) is 0 Å². The summed E-state index contributed by atoms with van der Waals surface area (Å²) in [6.07, 6.45) is 0. The summed E-state index contributed by atoms with van der Waals surface area (Å²) in [4.78, 5) is 53.1. The highest BCUT2D eigenvalue weighted by Crippen LogP contribution is 2.46. The van der Waals surface area contributed by atoms with Gasteiger partial charge in [0.15, 0.2) is 0 Å². The number of nitrogens with zero attached hydrogens (tertiary/aromatic N) is 2. The van der Waals surface area contributed by atoms with Crippen molar-refractivity contribution in [1.29, 1.82) is 0 Å². The van der Waals surface area contributed by atoms with Gasteiger partial charge >= 0.3 is 11.4 Å². The third-order valence-corrected chi connectivity index (χ3v) is 13.5. The van der Waals surface area contributed by atoms with Gasteiger partial charge in [0.25, 0.3) is 31.9 Å². The average molecular weight is 878 g/mol. The summed E-state index contributed by atoms with van der Waals surface area (Å²) in [5, 5.41) is 16.2. The van der Waals surface area contributed by atoms with Crippen molar-refractivity contribution in [2.24, 2.45) is 0 Å². The monoisotopic (exact) mass is 876 g/mol. The molecule has 2 heterocycles. The van der Waals surface area contributed by atoms with Gasteiger partial charge in [-0.15, -0.1) is 10.2 Å². The lowest BCUT2D eigenvalue weighted by Gasteiger charge is -2.16. The number of anilines is 4. The minimum atomic E-state index is -4.65. The SMILES string of the molecule is Cc1ccc(NC(=O)c2cc(S(=O)(=O)Nc3n[nH]c(=O)[nH]3)c(SSc3cc(Cl)c(C(=O)Nc4ccc(C)cc4)cc3S(=O)(=O)Nc3n[nH]c(=O)[nH]3)cc2Cl)cc1. The molecule has 6 rings (SSSR count). The molecular formula is C32H26Cl2N10O8S4. The molecule has 2 amide bonds. The predicted octanol–water partition coefficient (Wildman–Crippen LogP) is 5.34. The summed E-state index contributed by atoms with van der Waals surface area (Å²) in [5.74, 6) is -2.45. The summed E-state index contributed by atoms with van der Waals surface area (Å²) in [5.41, 5.74) is 0.551. The zero-order valence-corrected chi connectivity index (χ0v) is 33.3. The Balaban J connectivity index is 1.40. The number of H-pyrrole nitrogens is 4. The first kappa shape index (κ1) is 40.2. The zero-order valence-electron chi connectivity index (χ0n) is 28.5. The third kappa shape index (κ3) is 9.46. The van der Waals surface area contributed by atoms with E-state index in [2.05, 4.69) is 40.2 Å². The molecule has 290 valence electrons. The third-order valence-electron chi connectivity index (χ3n) is 7.44. The van der Waals surface area contributed by atoms with Gasteiger partial charge in [-0.3, -0.25) is 19.6 Å². The smallest absolute Gasteiger partial charge is 0.322 e. The maximum absolute atomic E-state index is 13.8. The van der Waals surface area contributed by atoms with Crippen LogP contribution < -0.4 is 31.5 Å². The molecule has 0 bridgehead atoms. The molecule has 24 heteroatoms. The van der Waals surface area contributed by atoms with Gasteiger partial charge in [0.1, 0.15) is 9.79 Å². The largest absolute Gasteiger partial charge is 0.342 e. The molecule has 56 heavy (non-hydrogen) atoms. The normalized spacial score (nSPS) is 11.6. The fourth-order valence-electron chi connectivity index (χ4n) is 4.73. The molecule has 4 aromatic carbocycles. The van der Waals surface area contributed by atoms with E-state index >= 15 is 0 Å². The van der Waals surface area contributed by atoms with Gasteiger partial charge in [0.2, 0.25) is 11.9 Å². The van der Waals surface area contributed by atoms with Gasteiger partial charge in [-0.25, -0.2) is 46.1 Å². The zero-order chi connectivity index (χ0) is 40.4. The van der Waals surface area contributed by atoms with E-state index in [1.165, 1.54) is 12.1 Å². The second-order valence-electron chi connectivity index (χ2n) is 11.6. The quantitative estimate of drug-likeness (QED) is 0.0684. The molecule has 0 fully saturated rings. The number of aryl methyl sites for hydroxylation is 2. The van der Waals surface area contributed by atoms with Crippen molar-refractivity contribution in [2.75, 3.05) is 20.1 Å². The number of nitrogens with one attached hydrogen (secondary N) is 8. The summed E-state index contributed by atoms with van der Waals surface area (Å²) in [7, 11) is -7.90. The Kier molecular flexibility index (Phi) is 11.7. The van der Waals surface area contributed by atoms with E-state index in [1.807, 2.05) is 24.0 Å². The lowest BCUT2D eigenvalue weighted by molar-refractivity contribution is 0.101. The van der Waals surface area contributed by atoms with E-state index in [1.54, 1.807) is 48.5 Å². The molecule has 0 aliphatic heterocycles. The number of hydrogen-bond acceptors (Lipinski definition) is 12. The summed E-state index contributed by atoms with van der Waals surface area (Å²) < 4.78 is 59.5. The van der Waals surface area contributed by atoms with Gasteiger partial charge < -0.3 is 10.6 Å². The maximum Gasteiger partial charge on any atom is 0.342 e. The number of halogens is 2. The number of carbonyl (C=O) groups excluding carboxylic acids is 2. The molecule has 0 aliphatic carbocycles. The van der Waals surface area contributed by atoms with Crippen LogP contribution in [0.25, 0.3) is 0 Å². The number of sulfonamides is 2. The van der Waals surface area contributed by atoms with Crippen molar-refractivity contribution in [3.63, 3.8) is 0 Å². The molecule has 0 saturated heterocycles. The van der Waals surface area contributed by atoms with Crippen LogP contribution in [-0.4, -0.2) is 59.0 Å². The number of aromatic nitrogens is 6. The number of carbonyl (C=O) groups is 2. The van der Waals surface area contributed by atoms with Crippen LogP contribution in [0.4, 0.5) is 23.3 Å². The Morgan fingerprint density at radius 3 is 1.29 bits per heavy atom. The van der Waals surface area contributed by atoms with Crippen LogP contribution in [0.15, 0.2) is 102 Å². The van der Waals surface area contributed by atoms with Crippen LogP contribution >= 0.6 is 44.8 Å². The molecule has 0 atom stereocenters. The molecule has 0 radical (unpaired) electrons. The van der Waals surface area contributed by atoms with E-state index in [4.69, 9.17) is 23.2 Å². The lowest BCUT2D eigenvalue weighted by atomic mass is 10.2. The molecule has 2 aromatic heterocycles. The summed E-state index contributed by atoms with van der Waals surface area (Å²) >= 11 is 13.1. The van der Waals surface area contributed by atoms with E-state index in [0.29, 0.717) is 33.0 Å². The summed E-state index contributed by atoms with van der Waals surface area (Å²) in [6.45, 7) is 3.71. The van der Waals surface area contributed by atoms with Crippen molar-refractivity contribution in [1.82, 2.24) is 30.4 Å². The molecule has 0 unspecified atom stereocenters. The Morgan fingerprint density at radius 1 is 0.607 bits per heavy atom. The average Bonchev–Trinajstić information content (AvgIpc) is 3.74. The Bertz CT molecular complexity index is 2630. The molecule has 6 aromatic rings. The second-order valence-corrected chi connectivity index (χ2v) is 18.0. The first-order valence-corrected chi connectivity index (χ1v) is 21.5. The number of amides is 2. The van der Waals surface area contributed by atoms with Crippen molar-refractivity contribution < 1.29 is 26.4 Å². The molecule has 18 nitrogen and oxygen atoms in total. The van der Waals surface area contributed by atoms with Gasteiger partial charge in [0, 0.05) is 21.2 Å². The fourth-order valence-corrected chi connectivity index (χ4v) is 10.9. The number of rotatable bonds is 13. The Hall–Kier alpha value is -5.52. The second kappa shape index (κ2) is 16.3. The molecule has 8 N–H and O–H groups in total. The van der Waals surface area contributed by atoms with Crippen LogP contribution in [0, 0.1) is 13.8 Å². The van der Waals surface area contributed by atoms with E-state index in [0.717, 1.165) is 23.3 Å². The number of hydrogen-bond donors (Lipinski definition) is 8. The van der Waals surface area contributed by atoms with Crippen LogP contribution in [0.2, 0.25) is 10.0 Å². The van der Waals surface area contributed by atoms with Crippen LogP contribution in [0.3, 0.4) is 0 Å². The standard InChI is InChI=1S/C32H26Cl2N10O8S4/c1-15-3-7-17(8-4-15)35-27(45)19-11-25(55(49,50)43-29-37-31(47)41-39-29)23(13-21(19)33)53-54-24-14-22(34)20(28(46)36-18-9-5-16(2)6-10-18)12-26(24)56(51,52)44-30-38-32(48)42-40-30/h3-14H,1-2H3,(H,35,45)(H,36,46)(H3,37,39,41,43,47)(H3,38,40,42,44,48). The first-order valence-electron chi connectivity index (χ1n) is 15.6. The Morgan fingerprint density at radius 2 is 0.964 bits per heavy atom. The minimum Gasteiger partial charge on any atom is -0.322 e. The number of benzene rings is 4.